The van der Waals surface area contributed by atoms with Crippen LogP contribution in [0.2, 0.25) is 0 Å². The molecule has 1 saturated heterocycles. The van der Waals surface area contributed by atoms with Crippen LogP contribution in [0.3, 0.4) is 0 Å². The minimum absolute atomic E-state index is 0.211. The summed E-state index contributed by atoms with van der Waals surface area (Å²) in [6.45, 7) is 4.02. The third-order valence-corrected chi connectivity index (χ3v) is 5.63. The number of aliphatic hydroxyl groups excluding tert-OH is 1. The normalized spacial score (nSPS) is 17.3. The lowest BCUT2D eigenvalue weighted by Gasteiger charge is -2.34. The van der Waals surface area contributed by atoms with Crippen molar-refractivity contribution in [2.24, 2.45) is 5.92 Å². The smallest absolute Gasteiger partial charge is 0.319 e. The number of aliphatic hydroxyl groups is 1. The molecule has 2 amide bonds. The first kappa shape index (κ1) is 22.2. The number of nitrogens with one attached hydrogen (secondary N) is 2. The van der Waals surface area contributed by atoms with E-state index < -0.39 is 18.2 Å². The van der Waals surface area contributed by atoms with Crippen molar-refractivity contribution >= 4 is 11.7 Å². The highest BCUT2D eigenvalue weighted by Gasteiger charge is 2.24. The Morgan fingerprint density at radius 1 is 1.07 bits per heavy atom. The van der Waals surface area contributed by atoms with Crippen molar-refractivity contribution in [3.8, 4) is 0 Å². The summed E-state index contributed by atoms with van der Waals surface area (Å²) in [6.07, 6.45) is 2.30. The first-order valence-corrected chi connectivity index (χ1v) is 10.4. The summed E-state index contributed by atoms with van der Waals surface area (Å²) in [4.78, 5) is 14.3. The Bertz CT molecular complexity index is 806. The number of rotatable bonds is 7. The number of halogens is 2. The summed E-state index contributed by atoms with van der Waals surface area (Å²) in [5.41, 5.74) is 1.64. The second kappa shape index (κ2) is 10.5. The Labute approximate surface area is 176 Å². The van der Waals surface area contributed by atoms with Crippen molar-refractivity contribution in [1.82, 2.24) is 10.2 Å². The molecule has 2 aromatic carbocycles. The largest absolute Gasteiger partial charge is 0.390 e. The number of β-amino-alcohol motifs (C(OH)–C–C–N with tert-alkyl or cyclic N) is 1. The molecule has 0 bridgehead atoms. The van der Waals surface area contributed by atoms with Gasteiger partial charge in [-0.15, -0.1) is 0 Å². The van der Waals surface area contributed by atoms with E-state index in [2.05, 4.69) is 15.5 Å². The third-order valence-electron chi connectivity index (χ3n) is 5.63. The summed E-state index contributed by atoms with van der Waals surface area (Å²) in [6, 6.07) is 11.3. The highest BCUT2D eigenvalue weighted by molar-refractivity contribution is 5.89. The van der Waals surface area contributed by atoms with Crippen LogP contribution in [0.1, 0.15) is 25.3 Å². The van der Waals surface area contributed by atoms with Gasteiger partial charge in [0, 0.05) is 12.2 Å². The molecule has 0 radical (unpaired) electrons. The van der Waals surface area contributed by atoms with Crippen molar-refractivity contribution in [2.45, 2.75) is 38.3 Å². The zero-order valence-electron chi connectivity index (χ0n) is 17.2. The number of benzene rings is 2. The van der Waals surface area contributed by atoms with Crippen molar-refractivity contribution in [1.29, 1.82) is 0 Å². The molecule has 0 saturated carbocycles. The molecule has 0 spiro atoms. The number of urea groups is 1. The van der Waals surface area contributed by atoms with E-state index in [1.807, 2.05) is 12.1 Å². The number of likely N-dealkylation sites (tertiary alicyclic amines) is 1. The zero-order valence-corrected chi connectivity index (χ0v) is 17.2. The zero-order chi connectivity index (χ0) is 21.5. The molecule has 1 heterocycles. The Hall–Kier alpha value is -2.51. The summed E-state index contributed by atoms with van der Waals surface area (Å²) < 4.78 is 26.0. The van der Waals surface area contributed by atoms with Gasteiger partial charge in [0.2, 0.25) is 0 Å². The molecule has 2 atom stereocenters. The van der Waals surface area contributed by atoms with Crippen LogP contribution in [0.5, 0.6) is 0 Å². The molecule has 162 valence electrons. The predicted molar refractivity (Wildman–Crippen MR) is 113 cm³/mol. The summed E-state index contributed by atoms with van der Waals surface area (Å²) in [7, 11) is 0. The molecule has 1 aliphatic heterocycles. The average molecular weight is 418 g/mol. The van der Waals surface area contributed by atoms with Gasteiger partial charge in [-0.1, -0.05) is 12.1 Å². The Morgan fingerprint density at radius 2 is 1.63 bits per heavy atom. The van der Waals surface area contributed by atoms with E-state index in [1.165, 1.54) is 36.4 Å². The topological polar surface area (TPSA) is 64.6 Å². The molecule has 3 rings (SSSR count). The fraction of sp³-hybridized carbons (Fsp3) is 0.435. The van der Waals surface area contributed by atoms with Crippen molar-refractivity contribution in [2.75, 3.05) is 25.0 Å². The van der Waals surface area contributed by atoms with E-state index in [9.17, 15) is 18.7 Å². The average Bonchev–Trinajstić information content (AvgIpc) is 2.72. The van der Waals surface area contributed by atoms with Gasteiger partial charge in [0.25, 0.3) is 0 Å². The van der Waals surface area contributed by atoms with Crippen LogP contribution in [-0.4, -0.2) is 47.8 Å². The van der Waals surface area contributed by atoms with Gasteiger partial charge < -0.3 is 20.6 Å². The van der Waals surface area contributed by atoms with Gasteiger partial charge in [-0.05, 0) is 87.2 Å². The number of nitrogens with zero attached hydrogens (tertiary/aromatic N) is 1. The van der Waals surface area contributed by atoms with Gasteiger partial charge in [0.1, 0.15) is 11.6 Å². The van der Waals surface area contributed by atoms with Crippen LogP contribution in [0.25, 0.3) is 0 Å². The van der Waals surface area contributed by atoms with E-state index in [4.69, 9.17) is 0 Å². The van der Waals surface area contributed by atoms with Gasteiger partial charge in [0.15, 0.2) is 0 Å². The molecular formula is C23H29F2N3O2. The van der Waals surface area contributed by atoms with Crippen LogP contribution in [0.4, 0.5) is 19.3 Å². The number of carbonyl (C=O) groups is 1. The second-order valence-corrected chi connectivity index (χ2v) is 8.04. The minimum Gasteiger partial charge on any atom is -0.390 e. The van der Waals surface area contributed by atoms with Gasteiger partial charge in [-0.3, -0.25) is 0 Å². The van der Waals surface area contributed by atoms with Crippen LogP contribution in [0, 0.1) is 17.6 Å². The Morgan fingerprint density at radius 3 is 2.23 bits per heavy atom. The number of hydrogen-bond donors (Lipinski definition) is 3. The monoisotopic (exact) mass is 417 g/mol. The molecule has 2 aromatic rings. The van der Waals surface area contributed by atoms with Gasteiger partial charge >= 0.3 is 6.03 Å². The first-order valence-electron chi connectivity index (χ1n) is 10.4. The molecule has 30 heavy (non-hydrogen) atoms. The van der Waals surface area contributed by atoms with Crippen LogP contribution >= 0.6 is 0 Å². The maximum Gasteiger partial charge on any atom is 0.319 e. The fourth-order valence-electron chi connectivity index (χ4n) is 3.75. The fourth-order valence-corrected chi connectivity index (χ4v) is 3.75. The Balaban J connectivity index is 1.38. The predicted octanol–water partition coefficient (Wildman–Crippen LogP) is 3.79. The highest BCUT2D eigenvalue weighted by Crippen LogP contribution is 2.22. The lowest BCUT2D eigenvalue weighted by atomic mass is 9.90. The maximum atomic E-state index is 13.0. The molecule has 1 fully saturated rings. The summed E-state index contributed by atoms with van der Waals surface area (Å²) in [5, 5.41) is 15.8. The standard InChI is InChI=1S/C23H29F2N3O2/c1-16(26-23(30)27-21-8-6-20(25)7-9-21)22(29)15-28-12-10-18(11-13-28)14-17-2-4-19(24)5-3-17/h2-9,16,18,22,29H,10-15H2,1H3,(H2,26,27,30)/t16-,22-/m0/s1. The molecule has 5 nitrogen and oxygen atoms in total. The molecular weight excluding hydrogens is 388 g/mol. The van der Waals surface area contributed by atoms with Gasteiger partial charge in [0.05, 0.1) is 12.1 Å². The number of carbonyl (C=O) groups excluding carboxylic acids is 1. The quantitative estimate of drug-likeness (QED) is 0.642. The first-order chi connectivity index (χ1) is 14.4. The molecule has 1 aliphatic rings. The van der Waals surface area contributed by atoms with Crippen LogP contribution in [-0.2, 0) is 6.42 Å². The van der Waals surface area contributed by atoms with E-state index in [1.54, 1.807) is 6.92 Å². The van der Waals surface area contributed by atoms with Crippen LogP contribution in [0.15, 0.2) is 48.5 Å². The van der Waals surface area contributed by atoms with Crippen molar-refractivity contribution < 1.29 is 18.7 Å². The molecule has 0 aromatic heterocycles. The molecule has 3 N–H and O–H groups in total. The van der Waals surface area contributed by atoms with Gasteiger partial charge in [-0.25, -0.2) is 13.6 Å². The number of amides is 2. The summed E-state index contributed by atoms with van der Waals surface area (Å²) in [5.74, 6) is -0.0243. The lowest BCUT2D eigenvalue weighted by Crippen LogP contribution is -2.49. The minimum atomic E-state index is -0.697. The third kappa shape index (κ3) is 6.78. The second-order valence-electron chi connectivity index (χ2n) is 8.04. The lowest BCUT2D eigenvalue weighted by molar-refractivity contribution is 0.0701. The van der Waals surface area contributed by atoms with E-state index in [0.29, 0.717) is 18.2 Å². The van der Waals surface area contributed by atoms with Crippen LogP contribution < -0.4 is 10.6 Å². The maximum absolute atomic E-state index is 13.0. The SMILES string of the molecule is C[C@H](NC(=O)Nc1ccc(F)cc1)[C@@H](O)CN1CCC(Cc2ccc(F)cc2)CC1. The molecule has 7 heteroatoms. The van der Waals surface area contributed by atoms with E-state index in [0.717, 1.165) is 37.9 Å². The highest BCUT2D eigenvalue weighted by atomic mass is 19.1. The summed E-state index contributed by atoms with van der Waals surface area (Å²) >= 11 is 0. The van der Waals surface area contributed by atoms with E-state index >= 15 is 0 Å². The van der Waals surface area contributed by atoms with E-state index in [-0.39, 0.29) is 11.6 Å². The number of piperidine rings is 1. The number of anilines is 1. The van der Waals surface area contributed by atoms with Crippen molar-refractivity contribution in [3.05, 3.63) is 65.7 Å². The molecule has 0 aliphatic carbocycles. The Kier molecular flexibility index (Phi) is 7.76. The van der Waals surface area contributed by atoms with Gasteiger partial charge in [-0.2, -0.15) is 0 Å². The molecule has 0 unspecified atom stereocenters. The van der Waals surface area contributed by atoms with Crippen molar-refractivity contribution in [3.63, 3.8) is 0 Å². The number of hydrogen-bond acceptors (Lipinski definition) is 3.